The zero-order valence-electron chi connectivity index (χ0n) is 23.2. The van der Waals surface area contributed by atoms with E-state index in [9.17, 15) is 14.4 Å². The highest BCUT2D eigenvalue weighted by molar-refractivity contribution is 5.89. The van der Waals surface area contributed by atoms with Crippen molar-refractivity contribution in [2.24, 2.45) is 0 Å². The fraction of sp³-hybridized carbons (Fsp3) is 0.281. The number of nitrogens with one attached hydrogen (secondary N) is 1. The number of carbonyl (C=O) groups excluding carboxylic acids is 2. The van der Waals surface area contributed by atoms with Gasteiger partial charge in [0.1, 0.15) is 18.0 Å². The number of pyridine rings is 1. The minimum absolute atomic E-state index is 0.222. The Morgan fingerprint density at radius 3 is 2.27 bits per heavy atom. The van der Waals surface area contributed by atoms with E-state index in [1.807, 2.05) is 63.2 Å². The summed E-state index contributed by atoms with van der Waals surface area (Å²) in [6.07, 6.45) is 0.0751. The van der Waals surface area contributed by atoms with E-state index in [0.29, 0.717) is 42.9 Å². The van der Waals surface area contributed by atoms with Gasteiger partial charge in [0.05, 0.1) is 18.2 Å². The molecule has 0 aliphatic carbocycles. The zero-order valence-corrected chi connectivity index (χ0v) is 23.2. The Bertz CT molecular complexity index is 1520. The third kappa shape index (κ3) is 7.50. The molecule has 1 N–H and O–H groups in total. The molecule has 8 nitrogen and oxygen atoms in total. The van der Waals surface area contributed by atoms with E-state index < -0.39 is 17.7 Å². The molecule has 0 spiro atoms. The van der Waals surface area contributed by atoms with Gasteiger partial charge in [-0.3, -0.25) is 4.79 Å². The standard InChI is InChI=1S/C32H34N2O6/c1-32(2,3)40-31(37)34(20-22-10-12-25(13-11-22)30(36)38-4)19-18-24-14-16-27(29-26(24)15-17-28(35)33-29)39-21-23-8-6-5-7-9-23/h5-17H,18-21H2,1-4H3,(H,33,35). The molecule has 4 aromatic rings. The summed E-state index contributed by atoms with van der Waals surface area (Å²) in [6.45, 7) is 6.51. The van der Waals surface area contributed by atoms with Crippen LogP contribution in [0.3, 0.4) is 0 Å². The van der Waals surface area contributed by atoms with E-state index in [1.165, 1.54) is 13.2 Å². The first-order valence-corrected chi connectivity index (χ1v) is 13.1. The molecule has 0 unspecified atom stereocenters. The van der Waals surface area contributed by atoms with Crippen molar-refractivity contribution in [2.45, 2.75) is 45.9 Å². The molecule has 8 heteroatoms. The summed E-state index contributed by atoms with van der Waals surface area (Å²) in [5, 5.41) is 0.844. The number of aromatic amines is 1. The van der Waals surface area contributed by atoms with Crippen LogP contribution in [0.15, 0.2) is 83.7 Å². The summed E-state index contributed by atoms with van der Waals surface area (Å²) >= 11 is 0. The van der Waals surface area contributed by atoms with Gasteiger partial charge in [-0.25, -0.2) is 9.59 Å². The van der Waals surface area contributed by atoms with E-state index in [-0.39, 0.29) is 5.56 Å². The number of fused-ring (bicyclic) bond motifs is 1. The number of benzene rings is 3. The third-order valence-corrected chi connectivity index (χ3v) is 6.24. The van der Waals surface area contributed by atoms with Crippen LogP contribution in [0, 0.1) is 0 Å². The van der Waals surface area contributed by atoms with Gasteiger partial charge >= 0.3 is 12.1 Å². The summed E-state index contributed by atoms with van der Waals surface area (Å²) in [7, 11) is 1.34. The zero-order chi connectivity index (χ0) is 28.7. The summed E-state index contributed by atoms with van der Waals surface area (Å²) in [6, 6.07) is 23.8. The number of methoxy groups -OCH3 is 1. The van der Waals surface area contributed by atoms with E-state index in [0.717, 1.165) is 22.1 Å². The molecule has 1 amide bonds. The van der Waals surface area contributed by atoms with Crippen molar-refractivity contribution in [2.75, 3.05) is 13.7 Å². The molecule has 40 heavy (non-hydrogen) atoms. The summed E-state index contributed by atoms with van der Waals surface area (Å²) in [5.41, 5.74) is 2.98. The highest BCUT2D eigenvalue weighted by Gasteiger charge is 2.23. The third-order valence-electron chi connectivity index (χ3n) is 6.24. The molecule has 0 atom stereocenters. The average molecular weight is 543 g/mol. The van der Waals surface area contributed by atoms with Crippen LogP contribution < -0.4 is 10.3 Å². The van der Waals surface area contributed by atoms with Gasteiger partial charge in [-0.2, -0.15) is 0 Å². The minimum atomic E-state index is -0.659. The lowest BCUT2D eigenvalue weighted by Gasteiger charge is -2.28. The van der Waals surface area contributed by atoms with Crippen LogP contribution in [0.4, 0.5) is 4.79 Å². The van der Waals surface area contributed by atoms with Crippen LogP contribution in [-0.4, -0.2) is 41.2 Å². The van der Waals surface area contributed by atoms with E-state index in [1.54, 1.807) is 35.2 Å². The molecule has 208 valence electrons. The molecular formula is C32H34N2O6. The molecule has 1 aromatic heterocycles. The van der Waals surface area contributed by atoms with Gasteiger partial charge in [0.15, 0.2) is 0 Å². The largest absolute Gasteiger partial charge is 0.487 e. The van der Waals surface area contributed by atoms with Gasteiger partial charge in [-0.15, -0.1) is 0 Å². The van der Waals surface area contributed by atoms with Gasteiger partial charge in [-0.05, 0) is 68.1 Å². The van der Waals surface area contributed by atoms with Crippen LogP contribution in [0.25, 0.3) is 10.9 Å². The maximum absolute atomic E-state index is 13.2. The first-order chi connectivity index (χ1) is 19.1. The number of nitrogens with zero attached hydrogens (tertiary/aromatic N) is 1. The van der Waals surface area contributed by atoms with Gasteiger partial charge in [0.25, 0.3) is 0 Å². The number of carbonyl (C=O) groups is 2. The Labute approximate surface area is 233 Å². The van der Waals surface area contributed by atoms with Crippen LogP contribution in [0.2, 0.25) is 0 Å². The number of esters is 1. The fourth-order valence-electron chi connectivity index (χ4n) is 4.26. The monoisotopic (exact) mass is 542 g/mol. The van der Waals surface area contributed by atoms with E-state index in [2.05, 4.69) is 4.98 Å². The highest BCUT2D eigenvalue weighted by atomic mass is 16.6. The maximum atomic E-state index is 13.2. The molecule has 0 aliphatic rings. The van der Waals surface area contributed by atoms with Gasteiger partial charge in [0, 0.05) is 24.5 Å². The molecule has 1 heterocycles. The van der Waals surface area contributed by atoms with Crippen molar-refractivity contribution in [1.82, 2.24) is 9.88 Å². The van der Waals surface area contributed by atoms with Crippen molar-refractivity contribution in [3.8, 4) is 5.75 Å². The van der Waals surface area contributed by atoms with E-state index in [4.69, 9.17) is 14.2 Å². The first-order valence-electron chi connectivity index (χ1n) is 13.1. The normalized spacial score (nSPS) is 11.2. The number of aromatic nitrogens is 1. The van der Waals surface area contributed by atoms with Crippen LogP contribution in [0.5, 0.6) is 5.75 Å². The number of H-pyrrole nitrogens is 1. The molecule has 0 aliphatic heterocycles. The van der Waals surface area contributed by atoms with Crippen molar-refractivity contribution in [1.29, 1.82) is 0 Å². The quantitative estimate of drug-likeness (QED) is 0.266. The molecular weight excluding hydrogens is 508 g/mol. The number of rotatable bonds is 9. The number of hydrogen-bond acceptors (Lipinski definition) is 6. The topological polar surface area (TPSA) is 97.9 Å². The second-order valence-electron chi connectivity index (χ2n) is 10.4. The Kier molecular flexibility index (Phi) is 8.89. The lowest BCUT2D eigenvalue weighted by Crippen LogP contribution is -2.37. The molecule has 3 aromatic carbocycles. The average Bonchev–Trinajstić information content (AvgIpc) is 2.93. The van der Waals surface area contributed by atoms with Gasteiger partial charge < -0.3 is 24.1 Å². The lowest BCUT2D eigenvalue weighted by atomic mass is 10.0. The molecule has 4 rings (SSSR count). The predicted molar refractivity (Wildman–Crippen MR) is 153 cm³/mol. The molecule has 0 saturated carbocycles. The van der Waals surface area contributed by atoms with Crippen LogP contribution in [-0.2, 0) is 29.0 Å². The second-order valence-corrected chi connectivity index (χ2v) is 10.4. The Hall–Kier alpha value is -4.59. The smallest absolute Gasteiger partial charge is 0.410 e. The first kappa shape index (κ1) is 28.4. The van der Waals surface area contributed by atoms with Crippen LogP contribution >= 0.6 is 0 Å². The predicted octanol–water partition coefficient (Wildman–Crippen LogP) is 5.87. The van der Waals surface area contributed by atoms with Crippen molar-refractivity contribution < 1.29 is 23.8 Å². The molecule has 0 radical (unpaired) electrons. The van der Waals surface area contributed by atoms with E-state index >= 15 is 0 Å². The number of amides is 1. The summed E-state index contributed by atoms with van der Waals surface area (Å²) in [4.78, 5) is 41.7. The molecule has 0 fully saturated rings. The summed E-state index contributed by atoms with van der Waals surface area (Å²) in [5.74, 6) is 0.159. The Morgan fingerprint density at radius 1 is 0.875 bits per heavy atom. The lowest BCUT2D eigenvalue weighted by molar-refractivity contribution is 0.0235. The van der Waals surface area contributed by atoms with Gasteiger partial charge in [0.2, 0.25) is 5.56 Å². The van der Waals surface area contributed by atoms with Crippen molar-refractivity contribution >= 4 is 23.0 Å². The maximum Gasteiger partial charge on any atom is 0.410 e. The molecule has 0 saturated heterocycles. The Balaban J connectivity index is 1.56. The minimum Gasteiger partial charge on any atom is -0.487 e. The van der Waals surface area contributed by atoms with Gasteiger partial charge in [-0.1, -0.05) is 48.5 Å². The summed E-state index contributed by atoms with van der Waals surface area (Å²) < 4.78 is 16.5. The molecule has 0 bridgehead atoms. The Morgan fingerprint density at radius 2 is 1.60 bits per heavy atom. The second kappa shape index (κ2) is 12.5. The van der Waals surface area contributed by atoms with Crippen molar-refractivity contribution in [3.63, 3.8) is 0 Å². The highest BCUT2D eigenvalue weighted by Crippen LogP contribution is 2.27. The number of ether oxygens (including phenoxy) is 3. The fourth-order valence-corrected chi connectivity index (χ4v) is 4.26. The SMILES string of the molecule is COC(=O)c1ccc(CN(CCc2ccc(OCc3ccccc3)c3[nH]c(=O)ccc23)C(=O)OC(C)(C)C)cc1. The number of hydrogen-bond donors (Lipinski definition) is 1. The van der Waals surface area contributed by atoms with Crippen molar-refractivity contribution in [3.05, 3.63) is 111 Å². The van der Waals surface area contributed by atoms with Crippen LogP contribution in [0.1, 0.15) is 47.8 Å².